The van der Waals surface area contributed by atoms with Crippen molar-refractivity contribution in [3.8, 4) is 0 Å². The molecule has 0 atom stereocenters. The van der Waals surface area contributed by atoms with Crippen LogP contribution in [0.2, 0.25) is 0 Å². The fourth-order valence-electron chi connectivity index (χ4n) is 3.00. The summed E-state index contributed by atoms with van der Waals surface area (Å²) < 4.78 is 14.2. The van der Waals surface area contributed by atoms with Gasteiger partial charge in [-0.1, -0.05) is 0 Å². The molecule has 0 unspecified atom stereocenters. The number of halogens is 1. The first-order valence-electron chi connectivity index (χ1n) is 8.33. The molecule has 0 radical (unpaired) electrons. The van der Waals surface area contributed by atoms with Crippen LogP contribution < -0.4 is 10.2 Å². The minimum absolute atomic E-state index is 0.0798. The van der Waals surface area contributed by atoms with E-state index in [-0.39, 0.29) is 17.6 Å². The fourth-order valence-corrected chi connectivity index (χ4v) is 3.96. The smallest absolute Gasteiger partial charge is 0.261 e. The summed E-state index contributed by atoms with van der Waals surface area (Å²) >= 11 is 1.33. The van der Waals surface area contributed by atoms with E-state index in [0.717, 1.165) is 22.1 Å². The minimum atomic E-state index is -0.317. The molecule has 1 aromatic carbocycles. The molecule has 4 rings (SSSR count). The molecule has 0 bridgehead atoms. The molecule has 3 aromatic rings. The van der Waals surface area contributed by atoms with Gasteiger partial charge in [0.25, 0.3) is 5.91 Å². The predicted octanol–water partition coefficient (Wildman–Crippen LogP) is 3.49. The average molecular weight is 369 g/mol. The molecule has 1 fully saturated rings. The number of carbonyl (C=O) groups excluding carboxylic acids is 2. The Bertz CT molecular complexity index is 1000. The van der Waals surface area contributed by atoms with E-state index in [1.54, 1.807) is 23.2 Å². The summed E-state index contributed by atoms with van der Waals surface area (Å²) in [7, 11) is 0. The van der Waals surface area contributed by atoms with Crippen LogP contribution in [0.25, 0.3) is 10.1 Å². The Labute approximate surface area is 153 Å². The molecule has 0 spiro atoms. The van der Waals surface area contributed by atoms with Crippen molar-refractivity contribution in [2.24, 2.45) is 0 Å². The molecule has 0 saturated carbocycles. The largest absolute Gasteiger partial charge is 0.347 e. The maximum atomic E-state index is 13.3. The van der Waals surface area contributed by atoms with Crippen molar-refractivity contribution in [2.75, 3.05) is 11.4 Å². The van der Waals surface area contributed by atoms with Crippen molar-refractivity contribution in [1.29, 1.82) is 0 Å². The number of pyridine rings is 1. The van der Waals surface area contributed by atoms with Gasteiger partial charge in [0.05, 0.1) is 4.88 Å². The maximum absolute atomic E-state index is 13.3. The number of aromatic nitrogens is 1. The number of hydrogen-bond donors (Lipinski definition) is 1. The Balaban J connectivity index is 1.46. The Morgan fingerprint density at radius 1 is 1.27 bits per heavy atom. The first-order valence-corrected chi connectivity index (χ1v) is 9.14. The van der Waals surface area contributed by atoms with E-state index in [4.69, 9.17) is 0 Å². The molecule has 1 N–H and O–H groups in total. The van der Waals surface area contributed by atoms with Crippen molar-refractivity contribution in [2.45, 2.75) is 19.4 Å². The number of amides is 2. The molecule has 7 heteroatoms. The number of hydrogen-bond acceptors (Lipinski definition) is 4. The lowest BCUT2D eigenvalue weighted by Gasteiger charge is -2.15. The van der Waals surface area contributed by atoms with Gasteiger partial charge in [0.2, 0.25) is 5.91 Å². The quantitative estimate of drug-likeness (QED) is 0.766. The molecule has 26 heavy (non-hydrogen) atoms. The first-order chi connectivity index (χ1) is 12.6. The van der Waals surface area contributed by atoms with Gasteiger partial charge < -0.3 is 5.32 Å². The SMILES string of the molecule is O=C(NCc1ccnc(N2CCCC2=O)c1)c1cc2cc(F)ccc2s1. The fraction of sp³-hybridized carbons (Fsp3) is 0.211. The van der Waals surface area contributed by atoms with Crippen molar-refractivity contribution >= 4 is 39.1 Å². The van der Waals surface area contributed by atoms with Crippen LogP contribution in [0.4, 0.5) is 10.2 Å². The summed E-state index contributed by atoms with van der Waals surface area (Å²) in [5, 5.41) is 3.59. The van der Waals surface area contributed by atoms with Crippen LogP contribution in [0, 0.1) is 5.82 Å². The van der Waals surface area contributed by atoms with E-state index in [1.165, 1.54) is 23.5 Å². The second-order valence-electron chi connectivity index (χ2n) is 6.15. The summed E-state index contributed by atoms with van der Waals surface area (Å²) in [4.78, 5) is 30.7. The molecule has 2 amide bonds. The zero-order valence-electron chi connectivity index (χ0n) is 13.9. The highest BCUT2D eigenvalue weighted by atomic mass is 32.1. The van der Waals surface area contributed by atoms with Crippen LogP contribution in [0.3, 0.4) is 0 Å². The molecule has 1 aliphatic heterocycles. The molecule has 2 aromatic heterocycles. The molecular formula is C19H16FN3O2S. The molecule has 1 aliphatic rings. The number of benzene rings is 1. The van der Waals surface area contributed by atoms with Crippen LogP contribution in [0.1, 0.15) is 28.1 Å². The Morgan fingerprint density at radius 3 is 2.96 bits per heavy atom. The van der Waals surface area contributed by atoms with Gasteiger partial charge >= 0.3 is 0 Å². The lowest BCUT2D eigenvalue weighted by molar-refractivity contribution is -0.117. The standard InChI is InChI=1S/C19H16FN3O2S/c20-14-3-4-15-13(9-14)10-16(26-15)19(25)22-11-12-5-6-21-17(8-12)23-7-1-2-18(23)24/h3-6,8-10H,1-2,7,11H2,(H,22,25). The van der Waals surface area contributed by atoms with Gasteiger partial charge in [0, 0.05) is 30.4 Å². The number of thiophene rings is 1. The van der Waals surface area contributed by atoms with Crippen molar-refractivity contribution < 1.29 is 14.0 Å². The first kappa shape index (κ1) is 16.7. The third-order valence-corrected chi connectivity index (χ3v) is 5.43. The highest BCUT2D eigenvalue weighted by Gasteiger charge is 2.22. The summed E-state index contributed by atoms with van der Waals surface area (Å²) in [6, 6.07) is 9.81. The summed E-state index contributed by atoms with van der Waals surface area (Å²) in [5.74, 6) is 0.179. The number of rotatable bonds is 4. The zero-order chi connectivity index (χ0) is 18.1. The van der Waals surface area contributed by atoms with Crippen LogP contribution in [-0.2, 0) is 11.3 Å². The Hall–Kier alpha value is -2.80. The molecule has 132 valence electrons. The summed E-state index contributed by atoms with van der Waals surface area (Å²) in [6.45, 7) is 1.01. The van der Waals surface area contributed by atoms with Crippen LogP contribution in [0.5, 0.6) is 0 Å². The van der Waals surface area contributed by atoms with E-state index in [9.17, 15) is 14.0 Å². The predicted molar refractivity (Wildman–Crippen MR) is 98.8 cm³/mol. The van der Waals surface area contributed by atoms with Crippen molar-refractivity contribution in [1.82, 2.24) is 10.3 Å². The van der Waals surface area contributed by atoms with E-state index < -0.39 is 0 Å². The maximum Gasteiger partial charge on any atom is 0.261 e. The van der Waals surface area contributed by atoms with Gasteiger partial charge in [0.1, 0.15) is 11.6 Å². The van der Waals surface area contributed by atoms with Gasteiger partial charge in [-0.25, -0.2) is 9.37 Å². The van der Waals surface area contributed by atoms with E-state index >= 15 is 0 Å². The highest BCUT2D eigenvalue weighted by Crippen LogP contribution is 2.26. The summed E-state index contributed by atoms with van der Waals surface area (Å²) in [5.41, 5.74) is 0.871. The molecule has 5 nitrogen and oxygen atoms in total. The average Bonchev–Trinajstić information content (AvgIpc) is 3.25. The van der Waals surface area contributed by atoms with Crippen molar-refractivity contribution in [3.63, 3.8) is 0 Å². The van der Waals surface area contributed by atoms with Gasteiger partial charge in [-0.05, 0) is 53.8 Å². The number of fused-ring (bicyclic) bond motifs is 1. The molecule has 0 aliphatic carbocycles. The number of nitrogens with one attached hydrogen (secondary N) is 1. The number of anilines is 1. The number of carbonyl (C=O) groups is 2. The number of nitrogens with zero attached hydrogens (tertiary/aromatic N) is 2. The lowest BCUT2D eigenvalue weighted by Crippen LogP contribution is -2.25. The van der Waals surface area contributed by atoms with Gasteiger partial charge in [-0.2, -0.15) is 0 Å². The van der Waals surface area contributed by atoms with E-state index in [0.29, 0.717) is 30.2 Å². The van der Waals surface area contributed by atoms with Gasteiger partial charge in [0.15, 0.2) is 0 Å². The van der Waals surface area contributed by atoms with Gasteiger partial charge in [-0.15, -0.1) is 11.3 Å². The second-order valence-corrected chi connectivity index (χ2v) is 7.23. The minimum Gasteiger partial charge on any atom is -0.347 e. The normalized spacial score (nSPS) is 14.2. The van der Waals surface area contributed by atoms with E-state index in [1.807, 2.05) is 12.1 Å². The van der Waals surface area contributed by atoms with Gasteiger partial charge in [-0.3, -0.25) is 14.5 Å². The molecule has 1 saturated heterocycles. The monoisotopic (exact) mass is 369 g/mol. The molecular weight excluding hydrogens is 353 g/mol. The second kappa shape index (κ2) is 6.84. The van der Waals surface area contributed by atoms with Crippen LogP contribution >= 0.6 is 11.3 Å². The van der Waals surface area contributed by atoms with Crippen LogP contribution in [0.15, 0.2) is 42.6 Å². The van der Waals surface area contributed by atoms with Crippen LogP contribution in [-0.4, -0.2) is 23.3 Å². The van der Waals surface area contributed by atoms with E-state index in [2.05, 4.69) is 10.3 Å². The Morgan fingerprint density at radius 2 is 2.15 bits per heavy atom. The molecule has 3 heterocycles. The third kappa shape index (κ3) is 3.30. The van der Waals surface area contributed by atoms with Crippen molar-refractivity contribution in [3.05, 3.63) is 58.9 Å². The Kier molecular flexibility index (Phi) is 4.38. The topological polar surface area (TPSA) is 62.3 Å². The summed E-state index contributed by atoms with van der Waals surface area (Å²) in [6.07, 6.45) is 3.04. The zero-order valence-corrected chi connectivity index (χ0v) is 14.7. The third-order valence-electron chi connectivity index (χ3n) is 4.32. The highest BCUT2D eigenvalue weighted by molar-refractivity contribution is 7.20. The lowest BCUT2D eigenvalue weighted by atomic mass is 10.2.